The molecule has 0 aliphatic heterocycles. The Morgan fingerprint density at radius 2 is 2.14 bits per heavy atom. The van der Waals surface area contributed by atoms with E-state index < -0.39 is 0 Å². The van der Waals surface area contributed by atoms with Crippen molar-refractivity contribution >= 4 is 35.6 Å². The zero-order valence-electron chi connectivity index (χ0n) is 12.8. The number of likely N-dealkylation sites (N-methyl/N-ethyl adjacent to an activating group) is 1. The molecule has 0 radical (unpaired) electrons. The summed E-state index contributed by atoms with van der Waals surface area (Å²) in [4.78, 5) is 26.3. The summed E-state index contributed by atoms with van der Waals surface area (Å²) in [7, 11) is 1.66. The Morgan fingerprint density at radius 1 is 1.41 bits per heavy atom. The second-order valence-corrected chi connectivity index (χ2v) is 6.54. The number of hydrogen-bond donors (Lipinski definition) is 2. The third-order valence-electron chi connectivity index (χ3n) is 4.02. The molecule has 1 heterocycles. The number of halogens is 1. The molecular weight excluding hydrogens is 322 g/mol. The SMILES string of the molecule is CN(CC(=O)NC1CCCCC1CN)C(=O)c1cccs1.Cl. The summed E-state index contributed by atoms with van der Waals surface area (Å²) in [6.07, 6.45) is 4.37. The number of nitrogens with one attached hydrogen (secondary N) is 1. The van der Waals surface area contributed by atoms with Gasteiger partial charge in [-0.1, -0.05) is 18.9 Å². The standard InChI is InChI=1S/C15H23N3O2S.ClH/c1-18(15(20)13-7-4-8-21-13)10-14(19)17-12-6-3-2-5-11(12)9-16;/h4,7-8,11-12H,2-3,5-6,9-10,16H2,1H3,(H,17,19);1H. The van der Waals surface area contributed by atoms with Crippen LogP contribution in [0.4, 0.5) is 0 Å². The summed E-state index contributed by atoms with van der Waals surface area (Å²) in [5, 5.41) is 4.90. The zero-order chi connectivity index (χ0) is 15.2. The maximum atomic E-state index is 12.1. The first-order valence-electron chi connectivity index (χ1n) is 7.40. The van der Waals surface area contributed by atoms with Crippen molar-refractivity contribution in [2.45, 2.75) is 31.7 Å². The van der Waals surface area contributed by atoms with Gasteiger partial charge in [0.15, 0.2) is 0 Å². The Bertz CT molecular complexity index is 481. The van der Waals surface area contributed by atoms with Crippen molar-refractivity contribution in [3.05, 3.63) is 22.4 Å². The van der Waals surface area contributed by atoms with Gasteiger partial charge >= 0.3 is 0 Å². The van der Waals surface area contributed by atoms with Gasteiger partial charge in [0.2, 0.25) is 5.91 Å². The van der Waals surface area contributed by atoms with Crippen LogP contribution in [-0.2, 0) is 4.79 Å². The lowest BCUT2D eigenvalue weighted by atomic mass is 9.84. The topological polar surface area (TPSA) is 75.4 Å². The van der Waals surface area contributed by atoms with Crippen molar-refractivity contribution in [1.82, 2.24) is 10.2 Å². The number of rotatable bonds is 5. The molecule has 0 aromatic carbocycles. The Hall–Kier alpha value is -1.11. The molecule has 1 aromatic rings. The molecule has 3 N–H and O–H groups in total. The third-order valence-corrected chi connectivity index (χ3v) is 4.88. The number of carbonyl (C=O) groups is 2. The van der Waals surface area contributed by atoms with Gasteiger partial charge in [-0.3, -0.25) is 9.59 Å². The Kier molecular flexibility index (Phi) is 7.85. The Labute approximate surface area is 141 Å². The quantitative estimate of drug-likeness (QED) is 0.855. The number of amides is 2. The zero-order valence-corrected chi connectivity index (χ0v) is 14.4. The highest BCUT2D eigenvalue weighted by Gasteiger charge is 2.26. The fourth-order valence-corrected chi connectivity index (χ4v) is 3.53. The van der Waals surface area contributed by atoms with Crippen molar-refractivity contribution in [3.63, 3.8) is 0 Å². The maximum Gasteiger partial charge on any atom is 0.264 e. The first-order chi connectivity index (χ1) is 10.1. The van der Waals surface area contributed by atoms with Crippen LogP contribution in [-0.4, -0.2) is 42.9 Å². The molecule has 2 atom stereocenters. The van der Waals surface area contributed by atoms with E-state index in [1.807, 2.05) is 11.4 Å². The van der Waals surface area contributed by atoms with Crippen LogP contribution in [0.15, 0.2) is 17.5 Å². The van der Waals surface area contributed by atoms with Gasteiger partial charge in [0.1, 0.15) is 0 Å². The lowest BCUT2D eigenvalue weighted by Crippen LogP contribution is -2.48. The molecule has 0 spiro atoms. The van der Waals surface area contributed by atoms with Crippen LogP contribution in [0.1, 0.15) is 35.4 Å². The predicted octanol–water partition coefficient (Wildman–Crippen LogP) is 1.88. The van der Waals surface area contributed by atoms with E-state index in [9.17, 15) is 9.59 Å². The molecule has 2 amide bonds. The average molecular weight is 346 g/mol. The molecule has 1 aliphatic carbocycles. The fourth-order valence-electron chi connectivity index (χ4n) is 2.81. The molecule has 2 unspecified atom stereocenters. The molecule has 2 rings (SSSR count). The van der Waals surface area contributed by atoms with Gasteiger partial charge < -0.3 is 16.0 Å². The molecule has 22 heavy (non-hydrogen) atoms. The van der Waals surface area contributed by atoms with E-state index >= 15 is 0 Å². The largest absolute Gasteiger partial charge is 0.352 e. The van der Waals surface area contributed by atoms with E-state index in [4.69, 9.17) is 5.73 Å². The summed E-state index contributed by atoms with van der Waals surface area (Å²) in [5.74, 6) is 0.146. The van der Waals surface area contributed by atoms with Crippen LogP contribution in [0.25, 0.3) is 0 Å². The van der Waals surface area contributed by atoms with Crippen molar-refractivity contribution in [3.8, 4) is 0 Å². The predicted molar refractivity (Wildman–Crippen MR) is 91.5 cm³/mol. The molecule has 5 nitrogen and oxygen atoms in total. The van der Waals surface area contributed by atoms with Crippen LogP contribution in [0.5, 0.6) is 0 Å². The fraction of sp³-hybridized carbons (Fsp3) is 0.600. The lowest BCUT2D eigenvalue weighted by Gasteiger charge is -2.31. The number of nitrogens with zero attached hydrogens (tertiary/aromatic N) is 1. The Morgan fingerprint density at radius 3 is 2.77 bits per heavy atom. The number of hydrogen-bond acceptors (Lipinski definition) is 4. The number of nitrogens with two attached hydrogens (primary N) is 1. The second kappa shape index (κ2) is 9.12. The van der Waals surface area contributed by atoms with E-state index in [1.165, 1.54) is 22.7 Å². The normalized spacial score (nSPS) is 20.8. The summed E-state index contributed by atoms with van der Waals surface area (Å²) >= 11 is 1.39. The number of carbonyl (C=O) groups excluding carboxylic acids is 2. The molecule has 1 aromatic heterocycles. The van der Waals surface area contributed by atoms with E-state index in [1.54, 1.807) is 13.1 Å². The molecular formula is C15H24ClN3O2S. The Balaban J connectivity index is 0.00000242. The van der Waals surface area contributed by atoms with Crippen molar-refractivity contribution in [2.24, 2.45) is 11.7 Å². The molecule has 0 bridgehead atoms. The summed E-state index contributed by atoms with van der Waals surface area (Å²) < 4.78 is 0. The summed E-state index contributed by atoms with van der Waals surface area (Å²) in [6, 6.07) is 3.76. The minimum Gasteiger partial charge on any atom is -0.352 e. The molecule has 1 saturated carbocycles. The van der Waals surface area contributed by atoms with Gasteiger partial charge in [0.05, 0.1) is 11.4 Å². The van der Waals surface area contributed by atoms with E-state index in [2.05, 4.69) is 5.32 Å². The highest BCUT2D eigenvalue weighted by atomic mass is 35.5. The molecule has 1 fully saturated rings. The van der Waals surface area contributed by atoms with Crippen molar-refractivity contribution in [2.75, 3.05) is 20.1 Å². The van der Waals surface area contributed by atoms with Gasteiger partial charge in [-0.15, -0.1) is 23.7 Å². The van der Waals surface area contributed by atoms with E-state index in [-0.39, 0.29) is 36.8 Å². The van der Waals surface area contributed by atoms with E-state index in [0.717, 1.165) is 19.3 Å². The average Bonchev–Trinajstić information content (AvgIpc) is 3.01. The van der Waals surface area contributed by atoms with E-state index in [0.29, 0.717) is 17.3 Å². The van der Waals surface area contributed by atoms with Gasteiger partial charge in [0.25, 0.3) is 5.91 Å². The summed E-state index contributed by atoms with van der Waals surface area (Å²) in [6.45, 7) is 0.694. The molecule has 1 aliphatic rings. The van der Waals surface area contributed by atoms with Crippen LogP contribution >= 0.6 is 23.7 Å². The van der Waals surface area contributed by atoms with Crippen molar-refractivity contribution in [1.29, 1.82) is 0 Å². The minimum atomic E-state index is -0.112. The van der Waals surface area contributed by atoms with Crippen molar-refractivity contribution < 1.29 is 9.59 Å². The first kappa shape index (κ1) is 18.9. The third kappa shape index (κ3) is 4.97. The first-order valence-corrected chi connectivity index (χ1v) is 8.28. The molecule has 0 saturated heterocycles. The minimum absolute atomic E-state index is 0. The maximum absolute atomic E-state index is 12.1. The van der Waals surface area contributed by atoms with Gasteiger partial charge in [-0.05, 0) is 36.8 Å². The monoisotopic (exact) mass is 345 g/mol. The van der Waals surface area contributed by atoms with Crippen LogP contribution in [0.2, 0.25) is 0 Å². The van der Waals surface area contributed by atoms with Crippen LogP contribution in [0, 0.1) is 5.92 Å². The van der Waals surface area contributed by atoms with Gasteiger partial charge in [0, 0.05) is 13.1 Å². The van der Waals surface area contributed by atoms with Gasteiger partial charge in [-0.2, -0.15) is 0 Å². The van der Waals surface area contributed by atoms with Crippen LogP contribution < -0.4 is 11.1 Å². The summed E-state index contributed by atoms with van der Waals surface area (Å²) in [5.41, 5.74) is 5.77. The second-order valence-electron chi connectivity index (χ2n) is 5.59. The number of thiophene rings is 1. The highest BCUT2D eigenvalue weighted by molar-refractivity contribution is 7.12. The lowest BCUT2D eigenvalue weighted by molar-refractivity contribution is -0.122. The molecule has 7 heteroatoms. The van der Waals surface area contributed by atoms with Crippen LogP contribution in [0.3, 0.4) is 0 Å². The smallest absolute Gasteiger partial charge is 0.264 e. The van der Waals surface area contributed by atoms with Gasteiger partial charge in [-0.25, -0.2) is 0 Å². The molecule has 124 valence electrons. The highest BCUT2D eigenvalue weighted by Crippen LogP contribution is 2.23.